The van der Waals surface area contributed by atoms with Gasteiger partial charge in [-0.1, -0.05) is 12.1 Å². The second kappa shape index (κ2) is 6.53. The summed E-state index contributed by atoms with van der Waals surface area (Å²) in [6.07, 6.45) is 0. The van der Waals surface area contributed by atoms with Gasteiger partial charge >= 0.3 is 11.8 Å². The monoisotopic (exact) mass is 334 g/mol. The Balaban J connectivity index is 1.59. The van der Waals surface area contributed by atoms with Crippen LogP contribution < -0.4 is 20.1 Å². The van der Waals surface area contributed by atoms with Crippen molar-refractivity contribution < 1.29 is 27.8 Å². The molecule has 2 aromatic rings. The van der Waals surface area contributed by atoms with Gasteiger partial charge in [0.05, 0.1) is 0 Å². The number of hydrogen-bond donors (Lipinski definition) is 2. The van der Waals surface area contributed by atoms with Gasteiger partial charge < -0.3 is 20.1 Å². The van der Waals surface area contributed by atoms with Gasteiger partial charge in [-0.3, -0.25) is 9.59 Å². The molecule has 24 heavy (non-hydrogen) atoms. The lowest BCUT2D eigenvalue weighted by Crippen LogP contribution is -2.35. The van der Waals surface area contributed by atoms with Crippen LogP contribution in [0.2, 0.25) is 0 Å². The minimum Gasteiger partial charge on any atom is -0.454 e. The molecule has 124 valence electrons. The number of amides is 2. The van der Waals surface area contributed by atoms with E-state index in [1.165, 1.54) is 0 Å². The maximum atomic E-state index is 13.4. The van der Waals surface area contributed by atoms with Crippen molar-refractivity contribution in [3.05, 3.63) is 53.6 Å². The molecule has 0 fully saturated rings. The summed E-state index contributed by atoms with van der Waals surface area (Å²) in [5.74, 6) is -2.98. The third kappa shape index (κ3) is 3.27. The highest BCUT2D eigenvalue weighted by molar-refractivity contribution is 6.39. The minimum absolute atomic E-state index is 0.0443. The number of fused-ring (bicyclic) bond motifs is 1. The van der Waals surface area contributed by atoms with Gasteiger partial charge in [0.1, 0.15) is 17.3 Å². The third-order valence-electron chi connectivity index (χ3n) is 3.30. The number of rotatable bonds is 3. The Hall–Kier alpha value is -3.16. The number of benzene rings is 2. The first-order chi connectivity index (χ1) is 11.5. The zero-order valence-electron chi connectivity index (χ0n) is 12.3. The molecule has 0 aliphatic carbocycles. The summed E-state index contributed by atoms with van der Waals surface area (Å²) >= 11 is 0. The van der Waals surface area contributed by atoms with Crippen LogP contribution in [0, 0.1) is 11.6 Å². The largest absolute Gasteiger partial charge is 0.454 e. The van der Waals surface area contributed by atoms with E-state index in [-0.39, 0.29) is 13.3 Å². The van der Waals surface area contributed by atoms with E-state index in [2.05, 4.69) is 5.32 Å². The minimum atomic E-state index is -1.17. The van der Waals surface area contributed by atoms with Crippen LogP contribution in [0.3, 0.4) is 0 Å². The normalized spacial score (nSPS) is 11.9. The maximum absolute atomic E-state index is 13.4. The van der Waals surface area contributed by atoms with E-state index in [1.54, 1.807) is 18.2 Å². The average molecular weight is 334 g/mol. The Kier molecular flexibility index (Phi) is 4.28. The molecule has 0 aromatic heterocycles. The van der Waals surface area contributed by atoms with Gasteiger partial charge in [0.25, 0.3) is 0 Å². The van der Waals surface area contributed by atoms with Crippen molar-refractivity contribution in [2.75, 3.05) is 12.1 Å². The predicted octanol–water partition coefficient (Wildman–Crippen LogP) is 1.95. The Morgan fingerprint density at radius 1 is 1.00 bits per heavy atom. The summed E-state index contributed by atoms with van der Waals surface area (Å²) in [7, 11) is 0. The Morgan fingerprint density at radius 2 is 1.71 bits per heavy atom. The smallest absolute Gasteiger partial charge is 0.313 e. The van der Waals surface area contributed by atoms with Crippen LogP contribution in [0.4, 0.5) is 14.5 Å². The summed E-state index contributed by atoms with van der Waals surface area (Å²) in [6.45, 7) is 0.171. The van der Waals surface area contributed by atoms with Crippen molar-refractivity contribution in [3.8, 4) is 11.5 Å². The molecular weight excluding hydrogens is 322 g/mol. The van der Waals surface area contributed by atoms with Gasteiger partial charge in [0.2, 0.25) is 6.79 Å². The second-order valence-electron chi connectivity index (χ2n) is 4.92. The molecule has 1 aliphatic heterocycles. The lowest BCUT2D eigenvalue weighted by molar-refractivity contribution is -0.136. The average Bonchev–Trinajstić information content (AvgIpc) is 3.03. The first kappa shape index (κ1) is 15.7. The fraction of sp³-hybridized carbons (Fsp3) is 0.125. The summed E-state index contributed by atoms with van der Waals surface area (Å²) in [4.78, 5) is 23.5. The first-order valence-corrected chi connectivity index (χ1v) is 6.96. The summed E-state index contributed by atoms with van der Waals surface area (Å²) in [6, 6.07) is 8.14. The van der Waals surface area contributed by atoms with Crippen LogP contribution in [0.15, 0.2) is 36.4 Å². The summed E-state index contributed by atoms with van der Waals surface area (Å²) in [5.41, 5.74) is 0.0122. The molecule has 0 saturated carbocycles. The van der Waals surface area contributed by atoms with E-state index in [1.807, 2.05) is 5.32 Å². The van der Waals surface area contributed by atoms with E-state index < -0.39 is 29.1 Å². The molecule has 0 atom stereocenters. The molecule has 2 N–H and O–H groups in total. The van der Waals surface area contributed by atoms with Crippen LogP contribution >= 0.6 is 0 Å². The summed E-state index contributed by atoms with van der Waals surface area (Å²) < 4.78 is 37.2. The quantitative estimate of drug-likeness (QED) is 0.841. The Morgan fingerprint density at radius 3 is 2.46 bits per heavy atom. The topological polar surface area (TPSA) is 76.7 Å². The van der Waals surface area contributed by atoms with Crippen LogP contribution in [0.1, 0.15) is 5.56 Å². The molecule has 0 unspecified atom stereocenters. The lowest BCUT2D eigenvalue weighted by atomic mass is 10.2. The Labute approximate surface area is 135 Å². The van der Waals surface area contributed by atoms with E-state index in [9.17, 15) is 18.4 Å². The summed E-state index contributed by atoms with van der Waals surface area (Å²) in [5, 5.41) is 4.27. The number of anilines is 1. The molecule has 0 radical (unpaired) electrons. The molecule has 2 aromatic carbocycles. The van der Waals surface area contributed by atoms with E-state index in [4.69, 9.17) is 9.47 Å². The van der Waals surface area contributed by atoms with Gasteiger partial charge in [0, 0.05) is 6.54 Å². The number of carbonyl (C=O) groups excluding carboxylic acids is 2. The molecule has 1 heterocycles. The molecule has 0 saturated heterocycles. The van der Waals surface area contributed by atoms with E-state index in [0.29, 0.717) is 17.1 Å². The molecule has 0 bridgehead atoms. The van der Waals surface area contributed by atoms with Crippen LogP contribution in [-0.4, -0.2) is 18.6 Å². The first-order valence-electron chi connectivity index (χ1n) is 6.96. The van der Waals surface area contributed by atoms with Gasteiger partial charge in [-0.15, -0.1) is 0 Å². The van der Waals surface area contributed by atoms with Crippen LogP contribution in [-0.2, 0) is 16.1 Å². The van der Waals surface area contributed by atoms with Crippen LogP contribution in [0.25, 0.3) is 0 Å². The van der Waals surface area contributed by atoms with Gasteiger partial charge in [-0.25, -0.2) is 8.78 Å². The Bertz CT molecular complexity index is 790. The third-order valence-corrected chi connectivity index (χ3v) is 3.30. The molecule has 8 heteroatoms. The molecule has 2 amide bonds. The highest BCUT2D eigenvalue weighted by atomic mass is 19.1. The fourth-order valence-corrected chi connectivity index (χ4v) is 2.10. The highest BCUT2D eigenvalue weighted by Crippen LogP contribution is 2.32. The van der Waals surface area contributed by atoms with Crippen molar-refractivity contribution in [2.24, 2.45) is 0 Å². The van der Waals surface area contributed by atoms with Crippen molar-refractivity contribution >= 4 is 17.5 Å². The lowest BCUT2D eigenvalue weighted by Gasteiger charge is -2.08. The van der Waals surface area contributed by atoms with E-state index >= 15 is 0 Å². The molecule has 0 spiro atoms. The standard InChI is InChI=1S/C16H12F2N2O4/c17-10-2-1-3-11(18)14(10)20-16(22)15(21)19-7-9-4-5-12-13(6-9)24-8-23-12/h1-6H,7-8H2,(H,19,21)(H,20,22). The molecular formula is C16H12F2N2O4. The predicted molar refractivity (Wildman–Crippen MR) is 79.4 cm³/mol. The number of carbonyl (C=O) groups is 2. The van der Waals surface area contributed by atoms with Gasteiger partial charge in [-0.2, -0.15) is 0 Å². The van der Waals surface area contributed by atoms with Crippen molar-refractivity contribution in [1.29, 1.82) is 0 Å². The molecule has 1 aliphatic rings. The SMILES string of the molecule is O=C(NCc1ccc2c(c1)OCO2)C(=O)Nc1c(F)cccc1F. The highest BCUT2D eigenvalue weighted by Gasteiger charge is 2.18. The van der Waals surface area contributed by atoms with Crippen LogP contribution in [0.5, 0.6) is 11.5 Å². The zero-order chi connectivity index (χ0) is 17.1. The van der Waals surface area contributed by atoms with Crippen molar-refractivity contribution in [1.82, 2.24) is 5.32 Å². The van der Waals surface area contributed by atoms with Gasteiger partial charge in [0.15, 0.2) is 11.5 Å². The maximum Gasteiger partial charge on any atom is 0.313 e. The number of hydrogen-bond acceptors (Lipinski definition) is 4. The molecule has 6 nitrogen and oxygen atoms in total. The van der Waals surface area contributed by atoms with E-state index in [0.717, 1.165) is 18.2 Å². The zero-order valence-corrected chi connectivity index (χ0v) is 12.3. The molecule has 3 rings (SSSR count). The second-order valence-corrected chi connectivity index (χ2v) is 4.92. The fourth-order valence-electron chi connectivity index (χ4n) is 2.10. The number of nitrogens with one attached hydrogen (secondary N) is 2. The van der Waals surface area contributed by atoms with Gasteiger partial charge in [-0.05, 0) is 29.8 Å². The number of para-hydroxylation sites is 1. The van der Waals surface area contributed by atoms with Crippen molar-refractivity contribution in [2.45, 2.75) is 6.54 Å². The number of ether oxygens (including phenoxy) is 2. The number of halogens is 2. The van der Waals surface area contributed by atoms with Crippen molar-refractivity contribution in [3.63, 3.8) is 0 Å².